The van der Waals surface area contributed by atoms with Crippen molar-refractivity contribution in [3.63, 3.8) is 0 Å². The fourth-order valence-electron chi connectivity index (χ4n) is 3.33. The number of oxime groups is 1. The van der Waals surface area contributed by atoms with Crippen LogP contribution in [0.25, 0.3) is 0 Å². The highest BCUT2D eigenvalue weighted by Gasteiger charge is 2.20. The first-order chi connectivity index (χ1) is 17.6. The minimum Gasteiger partial charge on any atom is -0.493 e. The number of carbonyl (C=O) groups excluding carboxylic acids is 1. The van der Waals surface area contributed by atoms with Crippen LogP contribution in [-0.4, -0.2) is 62.6 Å². The summed E-state index contributed by atoms with van der Waals surface area (Å²) in [4.78, 5) is 21.6. The number of rotatable bonds is 10. The van der Waals surface area contributed by atoms with Crippen molar-refractivity contribution < 1.29 is 19.1 Å². The van der Waals surface area contributed by atoms with Crippen LogP contribution in [0.15, 0.2) is 57.7 Å². The molecule has 1 heterocycles. The van der Waals surface area contributed by atoms with Crippen molar-refractivity contribution in [1.29, 1.82) is 5.26 Å². The summed E-state index contributed by atoms with van der Waals surface area (Å²) in [6.45, 7) is 2.72. The van der Waals surface area contributed by atoms with E-state index < -0.39 is 0 Å². The lowest BCUT2D eigenvalue weighted by molar-refractivity contribution is -0.136. The van der Waals surface area contributed by atoms with Crippen LogP contribution in [0.4, 0.5) is 5.69 Å². The van der Waals surface area contributed by atoms with E-state index in [9.17, 15) is 4.79 Å². The third kappa shape index (κ3) is 7.20. The van der Waals surface area contributed by atoms with Gasteiger partial charge in [0.15, 0.2) is 18.1 Å². The first-order valence-electron chi connectivity index (χ1n) is 11.4. The van der Waals surface area contributed by atoms with Gasteiger partial charge in [-0.25, -0.2) is 5.01 Å². The van der Waals surface area contributed by atoms with Gasteiger partial charge < -0.3 is 14.3 Å². The van der Waals surface area contributed by atoms with Crippen molar-refractivity contribution in [2.45, 2.75) is 19.8 Å². The van der Waals surface area contributed by atoms with Crippen LogP contribution in [0.5, 0.6) is 11.5 Å². The highest BCUT2D eigenvalue weighted by molar-refractivity contribution is 6.02. The number of hydrazine groups is 1. The number of amides is 1. The second-order valence-electron chi connectivity index (χ2n) is 7.53. The SMILES string of the molecule is CCOc1cc(C2=NN(C(=O)CO/N=C/c3ccc(NNC(C#N)=NC)cc3)CCC2)ccc1OC. The predicted molar refractivity (Wildman–Crippen MR) is 137 cm³/mol. The molecular weight excluding hydrogens is 462 g/mol. The third-order valence-electron chi connectivity index (χ3n) is 5.14. The largest absolute Gasteiger partial charge is 0.493 e. The molecule has 1 amide bonds. The molecular formula is C25H29N7O4. The molecule has 2 aromatic rings. The van der Waals surface area contributed by atoms with Gasteiger partial charge in [-0.05, 0) is 55.7 Å². The Morgan fingerprint density at radius 2 is 2.06 bits per heavy atom. The van der Waals surface area contributed by atoms with E-state index in [0.717, 1.165) is 35.4 Å². The minimum absolute atomic E-state index is 0.170. The van der Waals surface area contributed by atoms with Crippen LogP contribution in [0, 0.1) is 11.3 Å². The molecule has 11 heteroatoms. The van der Waals surface area contributed by atoms with Crippen molar-refractivity contribution in [2.75, 3.05) is 39.3 Å². The molecule has 3 rings (SSSR count). The second kappa shape index (κ2) is 13.3. The Balaban J connectivity index is 1.53. The van der Waals surface area contributed by atoms with Crippen LogP contribution in [0.1, 0.15) is 30.9 Å². The molecule has 0 unspecified atom stereocenters. The molecule has 1 aliphatic heterocycles. The number of ether oxygens (including phenoxy) is 2. The highest BCUT2D eigenvalue weighted by atomic mass is 16.6. The summed E-state index contributed by atoms with van der Waals surface area (Å²) in [6.07, 6.45) is 3.05. The molecule has 0 saturated carbocycles. The number of anilines is 1. The van der Waals surface area contributed by atoms with E-state index in [0.29, 0.717) is 24.7 Å². The fourth-order valence-corrected chi connectivity index (χ4v) is 3.33. The Hall–Kier alpha value is -4.59. The zero-order valence-electron chi connectivity index (χ0n) is 20.5. The van der Waals surface area contributed by atoms with Crippen LogP contribution in [0.3, 0.4) is 0 Å². The van der Waals surface area contributed by atoms with Gasteiger partial charge in [0, 0.05) is 19.2 Å². The topological polar surface area (TPSA) is 133 Å². The Kier molecular flexibility index (Phi) is 9.64. The Morgan fingerprint density at radius 3 is 2.75 bits per heavy atom. The number of nitriles is 1. The third-order valence-corrected chi connectivity index (χ3v) is 5.14. The number of hydrogen-bond acceptors (Lipinski definition) is 9. The van der Waals surface area contributed by atoms with Gasteiger partial charge in [-0.2, -0.15) is 10.4 Å². The smallest absolute Gasteiger partial charge is 0.283 e. The summed E-state index contributed by atoms with van der Waals surface area (Å²) in [7, 11) is 3.12. The van der Waals surface area contributed by atoms with Crippen LogP contribution in [-0.2, 0) is 9.63 Å². The summed E-state index contributed by atoms with van der Waals surface area (Å²) in [5.74, 6) is 1.18. The van der Waals surface area contributed by atoms with E-state index in [1.54, 1.807) is 31.4 Å². The number of hydrogen-bond donors (Lipinski definition) is 2. The molecule has 0 radical (unpaired) electrons. The van der Waals surface area contributed by atoms with E-state index >= 15 is 0 Å². The maximum absolute atomic E-state index is 12.6. The quantitative estimate of drug-likeness (QED) is 0.297. The normalized spacial score (nSPS) is 13.6. The van der Waals surface area contributed by atoms with Gasteiger partial charge in [0.25, 0.3) is 5.91 Å². The lowest BCUT2D eigenvalue weighted by Gasteiger charge is -2.23. The van der Waals surface area contributed by atoms with E-state index in [4.69, 9.17) is 19.6 Å². The number of aliphatic imine (C=N–C) groups is 1. The van der Waals surface area contributed by atoms with Gasteiger partial charge in [0.2, 0.25) is 5.84 Å². The van der Waals surface area contributed by atoms with Crippen LogP contribution >= 0.6 is 0 Å². The summed E-state index contributed by atoms with van der Waals surface area (Å²) >= 11 is 0. The number of nitrogens with zero attached hydrogens (tertiary/aromatic N) is 5. The summed E-state index contributed by atoms with van der Waals surface area (Å²) in [5, 5.41) is 18.7. The lowest BCUT2D eigenvalue weighted by Crippen LogP contribution is -2.34. The molecule has 36 heavy (non-hydrogen) atoms. The van der Waals surface area contributed by atoms with E-state index in [1.807, 2.05) is 31.2 Å². The summed E-state index contributed by atoms with van der Waals surface area (Å²) < 4.78 is 11.0. The van der Waals surface area contributed by atoms with Crippen molar-refractivity contribution in [3.05, 3.63) is 53.6 Å². The summed E-state index contributed by atoms with van der Waals surface area (Å²) in [6, 6.07) is 14.7. The molecule has 2 N–H and O–H groups in total. The van der Waals surface area contributed by atoms with E-state index in [-0.39, 0.29) is 18.3 Å². The van der Waals surface area contributed by atoms with Gasteiger partial charge in [-0.3, -0.25) is 20.6 Å². The Labute approximate surface area is 210 Å². The van der Waals surface area contributed by atoms with Gasteiger partial charge in [0.05, 0.1) is 31.3 Å². The van der Waals surface area contributed by atoms with E-state index in [1.165, 1.54) is 18.3 Å². The second-order valence-corrected chi connectivity index (χ2v) is 7.53. The number of carbonyl (C=O) groups is 1. The number of hydrazone groups is 1. The standard InChI is InChI=1S/C25H29N7O4/c1-4-35-23-14-19(9-12-22(23)34-3)21-6-5-13-32(31-21)25(33)17-36-28-16-18-7-10-20(11-8-18)29-30-24(15-26)27-2/h7-12,14,16,29H,4-6,13,17H2,1-3H3,(H,27,30)/b28-16+. The molecule has 188 valence electrons. The van der Waals surface area contributed by atoms with Gasteiger partial charge in [0.1, 0.15) is 6.07 Å². The lowest BCUT2D eigenvalue weighted by atomic mass is 10.0. The zero-order valence-corrected chi connectivity index (χ0v) is 20.5. The average molecular weight is 492 g/mol. The number of benzene rings is 2. The van der Waals surface area contributed by atoms with Gasteiger partial charge in [-0.15, -0.1) is 0 Å². The number of methoxy groups -OCH3 is 1. The monoisotopic (exact) mass is 491 g/mol. The molecule has 0 aromatic heterocycles. The molecule has 1 aliphatic rings. The minimum atomic E-state index is -0.278. The summed E-state index contributed by atoms with van der Waals surface area (Å²) in [5.41, 5.74) is 8.77. The predicted octanol–water partition coefficient (Wildman–Crippen LogP) is 2.94. The van der Waals surface area contributed by atoms with Gasteiger partial charge >= 0.3 is 0 Å². The molecule has 0 fully saturated rings. The maximum atomic E-state index is 12.6. The molecule has 0 spiro atoms. The molecule has 11 nitrogen and oxygen atoms in total. The Bertz CT molecular complexity index is 1170. The Morgan fingerprint density at radius 1 is 1.25 bits per heavy atom. The molecule has 0 aliphatic carbocycles. The number of nitrogens with one attached hydrogen (secondary N) is 2. The van der Waals surface area contributed by atoms with Crippen LogP contribution < -0.4 is 20.3 Å². The van der Waals surface area contributed by atoms with Crippen molar-refractivity contribution >= 4 is 29.4 Å². The first-order valence-corrected chi connectivity index (χ1v) is 11.4. The van der Waals surface area contributed by atoms with Crippen molar-refractivity contribution in [3.8, 4) is 17.6 Å². The molecule has 2 aromatic carbocycles. The fraction of sp³-hybridized carbons (Fsp3) is 0.320. The first kappa shape index (κ1) is 26.0. The molecule has 0 atom stereocenters. The number of amidine groups is 1. The highest BCUT2D eigenvalue weighted by Crippen LogP contribution is 2.29. The van der Waals surface area contributed by atoms with Crippen molar-refractivity contribution in [1.82, 2.24) is 10.4 Å². The average Bonchev–Trinajstić information content (AvgIpc) is 2.92. The van der Waals surface area contributed by atoms with Crippen molar-refractivity contribution in [2.24, 2.45) is 15.2 Å². The van der Waals surface area contributed by atoms with E-state index in [2.05, 4.69) is 26.1 Å². The molecule has 0 saturated heterocycles. The molecule has 0 bridgehead atoms. The van der Waals surface area contributed by atoms with Crippen LogP contribution in [0.2, 0.25) is 0 Å². The maximum Gasteiger partial charge on any atom is 0.283 e. The van der Waals surface area contributed by atoms with Gasteiger partial charge in [-0.1, -0.05) is 17.3 Å². The zero-order chi connectivity index (χ0) is 25.8.